The van der Waals surface area contributed by atoms with Gasteiger partial charge in [0.2, 0.25) is 0 Å². The summed E-state index contributed by atoms with van der Waals surface area (Å²) in [6.07, 6.45) is 3.89. The summed E-state index contributed by atoms with van der Waals surface area (Å²) in [4.78, 5) is 0. The van der Waals surface area contributed by atoms with Gasteiger partial charge in [-0.1, -0.05) is 30.3 Å². The first-order valence-corrected chi connectivity index (χ1v) is 6.39. The second-order valence-corrected chi connectivity index (χ2v) is 5.22. The minimum atomic E-state index is 0.333. The van der Waals surface area contributed by atoms with Gasteiger partial charge in [-0.05, 0) is 43.8 Å². The fraction of sp³-hybridized carbons (Fsp3) is 0.571. The molecule has 86 valence electrons. The van der Waals surface area contributed by atoms with Crippen LogP contribution < -0.4 is 10.6 Å². The smallest absolute Gasteiger partial charge is 0.0387 e. The van der Waals surface area contributed by atoms with Crippen LogP contribution in [0.2, 0.25) is 0 Å². The Hall–Kier alpha value is -0.860. The standard InChI is InChI=1S/C14H20N2/c1-2-5-12(6-3-1)9-14-11-15-10-13(14)7-4-8-16-14/h1-3,5-6,13,15-16H,4,7-11H2. The minimum absolute atomic E-state index is 0.333. The van der Waals surface area contributed by atoms with Crippen LogP contribution >= 0.6 is 0 Å². The Bertz CT molecular complexity index is 349. The molecule has 0 aromatic heterocycles. The molecule has 16 heavy (non-hydrogen) atoms. The zero-order valence-electron chi connectivity index (χ0n) is 9.71. The molecule has 2 aliphatic heterocycles. The highest BCUT2D eigenvalue weighted by atomic mass is 15.1. The van der Waals surface area contributed by atoms with E-state index in [9.17, 15) is 0 Å². The molecule has 2 aliphatic rings. The van der Waals surface area contributed by atoms with Crippen molar-refractivity contribution in [2.45, 2.75) is 24.8 Å². The third kappa shape index (κ3) is 1.76. The van der Waals surface area contributed by atoms with Crippen molar-refractivity contribution in [1.82, 2.24) is 10.6 Å². The highest BCUT2D eigenvalue weighted by Crippen LogP contribution is 2.32. The van der Waals surface area contributed by atoms with Crippen LogP contribution in [0.1, 0.15) is 18.4 Å². The third-order valence-corrected chi connectivity index (χ3v) is 4.18. The maximum Gasteiger partial charge on any atom is 0.0387 e. The van der Waals surface area contributed by atoms with Crippen LogP contribution in [0, 0.1) is 5.92 Å². The Balaban J connectivity index is 1.81. The van der Waals surface area contributed by atoms with Crippen molar-refractivity contribution in [2.24, 2.45) is 5.92 Å². The van der Waals surface area contributed by atoms with E-state index in [2.05, 4.69) is 41.0 Å². The number of nitrogens with one attached hydrogen (secondary N) is 2. The first-order chi connectivity index (χ1) is 7.89. The van der Waals surface area contributed by atoms with Gasteiger partial charge in [-0.15, -0.1) is 0 Å². The van der Waals surface area contributed by atoms with Crippen LogP contribution in [-0.4, -0.2) is 25.2 Å². The summed E-state index contributed by atoms with van der Waals surface area (Å²) in [6, 6.07) is 10.9. The molecule has 0 radical (unpaired) electrons. The molecule has 2 fully saturated rings. The largest absolute Gasteiger partial charge is 0.315 e. The topological polar surface area (TPSA) is 24.1 Å². The van der Waals surface area contributed by atoms with E-state index in [0.717, 1.165) is 12.5 Å². The Kier molecular flexibility index (Phi) is 2.70. The molecule has 1 aromatic carbocycles. The molecule has 2 unspecified atom stereocenters. The summed E-state index contributed by atoms with van der Waals surface area (Å²) in [5.74, 6) is 0.821. The van der Waals surface area contributed by atoms with Crippen molar-refractivity contribution in [3.63, 3.8) is 0 Å². The number of hydrogen-bond donors (Lipinski definition) is 2. The zero-order chi connectivity index (χ0) is 10.8. The van der Waals surface area contributed by atoms with Crippen LogP contribution in [0.3, 0.4) is 0 Å². The second-order valence-electron chi connectivity index (χ2n) is 5.22. The predicted octanol–water partition coefficient (Wildman–Crippen LogP) is 1.57. The number of fused-ring (bicyclic) bond motifs is 1. The van der Waals surface area contributed by atoms with Crippen molar-refractivity contribution < 1.29 is 0 Å². The van der Waals surface area contributed by atoms with Crippen LogP contribution in [0.5, 0.6) is 0 Å². The lowest BCUT2D eigenvalue weighted by atomic mass is 9.77. The predicted molar refractivity (Wildman–Crippen MR) is 66.5 cm³/mol. The van der Waals surface area contributed by atoms with Crippen molar-refractivity contribution in [3.8, 4) is 0 Å². The zero-order valence-corrected chi connectivity index (χ0v) is 9.71. The van der Waals surface area contributed by atoms with E-state index >= 15 is 0 Å². The van der Waals surface area contributed by atoms with E-state index in [1.54, 1.807) is 0 Å². The number of benzene rings is 1. The van der Waals surface area contributed by atoms with Crippen LogP contribution in [0.4, 0.5) is 0 Å². The van der Waals surface area contributed by atoms with Crippen molar-refractivity contribution in [1.29, 1.82) is 0 Å². The quantitative estimate of drug-likeness (QED) is 0.784. The molecule has 0 bridgehead atoms. The first kappa shape index (κ1) is 10.3. The highest BCUT2D eigenvalue weighted by molar-refractivity contribution is 5.20. The first-order valence-electron chi connectivity index (χ1n) is 6.39. The average Bonchev–Trinajstić information content (AvgIpc) is 2.73. The van der Waals surface area contributed by atoms with Crippen LogP contribution in [0.15, 0.2) is 30.3 Å². The third-order valence-electron chi connectivity index (χ3n) is 4.18. The molecule has 3 rings (SSSR count). The van der Waals surface area contributed by atoms with Gasteiger partial charge in [-0.3, -0.25) is 0 Å². The van der Waals surface area contributed by atoms with Gasteiger partial charge >= 0.3 is 0 Å². The van der Waals surface area contributed by atoms with E-state index in [-0.39, 0.29) is 0 Å². The summed E-state index contributed by atoms with van der Waals surface area (Å²) in [5, 5.41) is 7.34. The molecule has 0 aliphatic carbocycles. The van der Waals surface area contributed by atoms with E-state index in [1.807, 2.05) is 0 Å². The second kappa shape index (κ2) is 4.19. The van der Waals surface area contributed by atoms with Gasteiger partial charge in [0.25, 0.3) is 0 Å². The van der Waals surface area contributed by atoms with Crippen LogP contribution in [-0.2, 0) is 6.42 Å². The summed E-state index contributed by atoms with van der Waals surface area (Å²) < 4.78 is 0. The lowest BCUT2D eigenvalue weighted by molar-refractivity contribution is 0.209. The number of piperidine rings is 1. The van der Waals surface area contributed by atoms with Gasteiger partial charge in [0.15, 0.2) is 0 Å². The Morgan fingerprint density at radius 1 is 1.25 bits per heavy atom. The van der Waals surface area contributed by atoms with Gasteiger partial charge in [0, 0.05) is 12.1 Å². The van der Waals surface area contributed by atoms with E-state index in [4.69, 9.17) is 0 Å². The normalized spacial score (nSPS) is 33.6. The Morgan fingerprint density at radius 2 is 2.12 bits per heavy atom. The molecule has 2 heteroatoms. The maximum absolute atomic E-state index is 3.78. The summed E-state index contributed by atoms with van der Waals surface area (Å²) in [5.41, 5.74) is 1.80. The molecule has 0 amide bonds. The Labute approximate surface area is 97.4 Å². The fourth-order valence-electron chi connectivity index (χ4n) is 3.31. The number of hydrogen-bond acceptors (Lipinski definition) is 2. The van der Waals surface area contributed by atoms with Gasteiger partial charge in [0.05, 0.1) is 0 Å². The van der Waals surface area contributed by atoms with Crippen molar-refractivity contribution in [2.75, 3.05) is 19.6 Å². The van der Waals surface area contributed by atoms with E-state index < -0.39 is 0 Å². The minimum Gasteiger partial charge on any atom is -0.315 e. The SMILES string of the molecule is c1ccc(CC23CNCC2CCCN3)cc1. The lowest BCUT2D eigenvalue weighted by Gasteiger charge is -2.40. The van der Waals surface area contributed by atoms with Gasteiger partial charge in [-0.2, -0.15) is 0 Å². The van der Waals surface area contributed by atoms with Crippen molar-refractivity contribution >= 4 is 0 Å². The Morgan fingerprint density at radius 3 is 3.00 bits per heavy atom. The summed E-state index contributed by atoms with van der Waals surface area (Å²) in [6.45, 7) is 3.51. The summed E-state index contributed by atoms with van der Waals surface area (Å²) in [7, 11) is 0. The van der Waals surface area contributed by atoms with Gasteiger partial charge < -0.3 is 10.6 Å². The number of rotatable bonds is 2. The molecule has 0 saturated carbocycles. The summed E-state index contributed by atoms with van der Waals surface area (Å²) >= 11 is 0. The molecular formula is C14H20N2. The van der Waals surface area contributed by atoms with Crippen molar-refractivity contribution in [3.05, 3.63) is 35.9 Å². The highest BCUT2D eigenvalue weighted by Gasteiger charge is 2.43. The molecule has 2 nitrogen and oxygen atoms in total. The molecule has 2 saturated heterocycles. The molecule has 1 aromatic rings. The monoisotopic (exact) mass is 216 g/mol. The lowest BCUT2D eigenvalue weighted by Crippen LogP contribution is -2.56. The maximum atomic E-state index is 3.78. The molecule has 0 spiro atoms. The van der Waals surface area contributed by atoms with Crippen LogP contribution in [0.25, 0.3) is 0 Å². The van der Waals surface area contributed by atoms with E-state index in [0.29, 0.717) is 5.54 Å². The molecule has 2 heterocycles. The molecular weight excluding hydrogens is 196 g/mol. The average molecular weight is 216 g/mol. The fourth-order valence-corrected chi connectivity index (χ4v) is 3.31. The molecule has 2 N–H and O–H groups in total. The van der Waals surface area contributed by atoms with Gasteiger partial charge in [-0.25, -0.2) is 0 Å². The molecule has 2 atom stereocenters. The van der Waals surface area contributed by atoms with Gasteiger partial charge in [0.1, 0.15) is 0 Å². The van der Waals surface area contributed by atoms with E-state index in [1.165, 1.54) is 37.9 Å².